The molecule has 0 atom stereocenters. The molecule has 0 bridgehead atoms. The van der Waals surface area contributed by atoms with E-state index in [0.29, 0.717) is 11.1 Å². The van der Waals surface area contributed by atoms with Crippen molar-refractivity contribution in [3.8, 4) is 0 Å². The highest BCUT2D eigenvalue weighted by atomic mass is 35.5. The summed E-state index contributed by atoms with van der Waals surface area (Å²) >= 11 is 5.59. The number of nitrogens with zero attached hydrogens (tertiary/aromatic N) is 1. The minimum Gasteiger partial charge on any atom is -0.465 e. The lowest BCUT2D eigenvalue weighted by Crippen LogP contribution is -2.04. The second-order valence-corrected chi connectivity index (χ2v) is 2.43. The fourth-order valence-corrected chi connectivity index (χ4v) is 1.06. The van der Waals surface area contributed by atoms with E-state index in [0.717, 1.165) is 0 Å². The van der Waals surface area contributed by atoms with Gasteiger partial charge in [-0.15, -0.1) is 11.6 Å². The second kappa shape index (κ2) is 4.07. The topological polar surface area (TPSA) is 39.2 Å². The lowest BCUT2D eigenvalue weighted by molar-refractivity contribution is 0.0599. The van der Waals surface area contributed by atoms with E-state index >= 15 is 0 Å². The predicted octanol–water partition coefficient (Wildman–Crippen LogP) is 1.61. The van der Waals surface area contributed by atoms with Crippen molar-refractivity contribution in [2.75, 3.05) is 7.11 Å². The first kappa shape index (κ1) is 9.00. The maximum atomic E-state index is 11.1. The van der Waals surface area contributed by atoms with Crippen LogP contribution in [0.2, 0.25) is 0 Å². The first-order valence-electron chi connectivity index (χ1n) is 3.36. The van der Waals surface area contributed by atoms with E-state index in [4.69, 9.17) is 11.6 Å². The van der Waals surface area contributed by atoms with Gasteiger partial charge in [-0.3, -0.25) is 4.98 Å². The number of rotatable bonds is 2. The number of pyridine rings is 1. The van der Waals surface area contributed by atoms with E-state index in [1.54, 1.807) is 12.3 Å². The fourth-order valence-electron chi connectivity index (χ4n) is 0.843. The predicted molar refractivity (Wildman–Crippen MR) is 45.1 cm³/mol. The van der Waals surface area contributed by atoms with Crippen molar-refractivity contribution in [3.63, 3.8) is 0 Å². The number of esters is 1. The SMILES string of the molecule is COC(=O)c1ccncc1CCl. The summed E-state index contributed by atoms with van der Waals surface area (Å²) in [4.78, 5) is 14.9. The van der Waals surface area contributed by atoms with Gasteiger partial charge in [0.1, 0.15) is 0 Å². The molecule has 1 rings (SSSR count). The molecule has 1 heterocycles. The van der Waals surface area contributed by atoms with Crippen molar-refractivity contribution in [2.24, 2.45) is 0 Å². The quantitative estimate of drug-likeness (QED) is 0.519. The molecule has 0 saturated heterocycles. The van der Waals surface area contributed by atoms with E-state index in [-0.39, 0.29) is 11.8 Å². The van der Waals surface area contributed by atoms with Gasteiger partial charge < -0.3 is 4.74 Å². The number of methoxy groups -OCH3 is 1. The Morgan fingerprint density at radius 2 is 2.50 bits per heavy atom. The zero-order valence-corrected chi connectivity index (χ0v) is 7.34. The highest BCUT2D eigenvalue weighted by molar-refractivity contribution is 6.17. The molecule has 3 nitrogen and oxygen atoms in total. The van der Waals surface area contributed by atoms with Crippen molar-refractivity contribution < 1.29 is 9.53 Å². The van der Waals surface area contributed by atoms with Crippen LogP contribution in [0.15, 0.2) is 18.5 Å². The van der Waals surface area contributed by atoms with E-state index in [1.807, 2.05) is 0 Å². The summed E-state index contributed by atoms with van der Waals surface area (Å²) < 4.78 is 4.55. The third-order valence-corrected chi connectivity index (χ3v) is 1.74. The van der Waals surface area contributed by atoms with Gasteiger partial charge in [0.15, 0.2) is 0 Å². The lowest BCUT2D eigenvalue weighted by atomic mass is 10.2. The molecule has 0 aliphatic heterocycles. The molecule has 1 aromatic rings. The highest BCUT2D eigenvalue weighted by Gasteiger charge is 2.09. The second-order valence-electron chi connectivity index (χ2n) is 2.16. The van der Waals surface area contributed by atoms with Crippen LogP contribution < -0.4 is 0 Å². The molecule has 0 amide bonds. The van der Waals surface area contributed by atoms with Crippen molar-refractivity contribution in [1.29, 1.82) is 0 Å². The maximum Gasteiger partial charge on any atom is 0.338 e. The van der Waals surface area contributed by atoms with Crippen LogP contribution in [0, 0.1) is 0 Å². The van der Waals surface area contributed by atoms with E-state index in [1.165, 1.54) is 13.3 Å². The Kier molecular flexibility index (Phi) is 3.05. The molecule has 0 spiro atoms. The number of carbonyl (C=O) groups is 1. The summed E-state index contributed by atoms with van der Waals surface area (Å²) in [6, 6.07) is 1.59. The molecule has 1 aromatic heterocycles. The van der Waals surface area contributed by atoms with E-state index in [2.05, 4.69) is 9.72 Å². The molecule has 12 heavy (non-hydrogen) atoms. The number of hydrogen-bond acceptors (Lipinski definition) is 3. The third kappa shape index (κ3) is 1.74. The summed E-state index contributed by atoms with van der Waals surface area (Å²) in [6.45, 7) is 0. The smallest absolute Gasteiger partial charge is 0.338 e. The molecule has 64 valence electrons. The first-order valence-corrected chi connectivity index (χ1v) is 3.90. The van der Waals surface area contributed by atoms with Crippen molar-refractivity contribution in [1.82, 2.24) is 4.98 Å². The zero-order valence-electron chi connectivity index (χ0n) is 6.58. The number of alkyl halides is 1. The summed E-state index contributed by atoms with van der Waals surface area (Å²) in [7, 11) is 1.33. The summed E-state index contributed by atoms with van der Waals surface area (Å²) in [5, 5.41) is 0. The first-order chi connectivity index (χ1) is 5.79. The molecule has 0 N–H and O–H groups in total. The molecular weight excluding hydrogens is 178 g/mol. The zero-order chi connectivity index (χ0) is 8.97. The number of hydrogen-bond donors (Lipinski definition) is 0. The van der Waals surface area contributed by atoms with Crippen LogP contribution in [-0.4, -0.2) is 18.1 Å². The van der Waals surface area contributed by atoms with Crippen molar-refractivity contribution in [2.45, 2.75) is 5.88 Å². The van der Waals surface area contributed by atoms with Gasteiger partial charge in [-0.1, -0.05) is 0 Å². The minimum absolute atomic E-state index is 0.262. The largest absolute Gasteiger partial charge is 0.465 e. The van der Waals surface area contributed by atoms with Crippen LogP contribution in [0.3, 0.4) is 0 Å². The monoisotopic (exact) mass is 185 g/mol. The Morgan fingerprint density at radius 3 is 3.08 bits per heavy atom. The van der Waals surface area contributed by atoms with E-state index in [9.17, 15) is 4.79 Å². The Bertz CT molecular complexity index is 288. The maximum absolute atomic E-state index is 11.1. The van der Waals surface area contributed by atoms with Crippen LogP contribution in [0.25, 0.3) is 0 Å². The van der Waals surface area contributed by atoms with Gasteiger partial charge >= 0.3 is 5.97 Å². The summed E-state index contributed by atoms with van der Waals surface area (Å²) in [5.41, 5.74) is 1.16. The molecule has 0 aromatic carbocycles. The van der Waals surface area contributed by atoms with Gasteiger partial charge in [-0.2, -0.15) is 0 Å². The molecule has 0 saturated carbocycles. The van der Waals surface area contributed by atoms with Gasteiger partial charge in [0.25, 0.3) is 0 Å². The highest BCUT2D eigenvalue weighted by Crippen LogP contribution is 2.10. The lowest BCUT2D eigenvalue weighted by Gasteiger charge is -2.02. The summed E-state index contributed by atoms with van der Waals surface area (Å²) in [5.74, 6) is -0.119. The molecular formula is C8H8ClNO2. The minimum atomic E-state index is -0.381. The number of carbonyl (C=O) groups excluding carboxylic acids is 1. The van der Waals surface area contributed by atoms with Gasteiger partial charge in [0.2, 0.25) is 0 Å². The van der Waals surface area contributed by atoms with Crippen LogP contribution >= 0.6 is 11.6 Å². The van der Waals surface area contributed by atoms with Crippen molar-refractivity contribution in [3.05, 3.63) is 29.6 Å². The number of aromatic nitrogens is 1. The number of halogens is 1. The molecule has 0 radical (unpaired) electrons. The van der Waals surface area contributed by atoms with Crippen LogP contribution in [-0.2, 0) is 10.6 Å². The van der Waals surface area contributed by atoms with Crippen LogP contribution in [0.1, 0.15) is 15.9 Å². The standard InChI is InChI=1S/C8H8ClNO2/c1-12-8(11)7-2-3-10-5-6(7)4-9/h2-3,5H,4H2,1H3. The van der Waals surface area contributed by atoms with Crippen molar-refractivity contribution >= 4 is 17.6 Å². The normalized spacial score (nSPS) is 9.50. The molecule has 0 aliphatic carbocycles. The Balaban J connectivity index is 3.04. The van der Waals surface area contributed by atoms with Crippen LogP contribution in [0.4, 0.5) is 0 Å². The molecule has 0 aliphatic rings. The Hall–Kier alpha value is -1.09. The Morgan fingerprint density at radius 1 is 1.75 bits per heavy atom. The van der Waals surface area contributed by atoms with E-state index < -0.39 is 0 Å². The molecule has 0 fully saturated rings. The van der Waals surface area contributed by atoms with Crippen LogP contribution in [0.5, 0.6) is 0 Å². The summed E-state index contributed by atoms with van der Waals surface area (Å²) in [6.07, 6.45) is 3.08. The fraction of sp³-hybridized carbons (Fsp3) is 0.250. The third-order valence-electron chi connectivity index (χ3n) is 1.45. The van der Waals surface area contributed by atoms with Gasteiger partial charge in [-0.05, 0) is 11.6 Å². The Labute approximate surface area is 75.3 Å². The average molecular weight is 186 g/mol. The molecule has 0 unspecified atom stereocenters. The van der Waals surface area contributed by atoms with Gasteiger partial charge in [0, 0.05) is 18.3 Å². The molecule has 4 heteroatoms. The average Bonchev–Trinajstić information content (AvgIpc) is 2.16. The number of ether oxygens (including phenoxy) is 1. The van der Waals surface area contributed by atoms with Gasteiger partial charge in [0.05, 0.1) is 12.7 Å². The van der Waals surface area contributed by atoms with Gasteiger partial charge in [-0.25, -0.2) is 4.79 Å².